The number of methoxy groups -OCH3 is 1. The summed E-state index contributed by atoms with van der Waals surface area (Å²) < 4.78 is 5.29. The zero-order valence-electron chi connectivity index (χ0n) is 18.2. The van der Waals surface area contributed by atoms with Crippen molar-refractivity contribution in [2.75, 3.05) is 26.7 Å². The number of phenolic OH excluding ortho intramolecular Hbond substituents is 1. The predicted molar refractivity (Wildman–Crippen MR) is 119 cm³/mol. The number of benzene rings is 2. The zero-order valence-corrected chi connectivity index (χ0v) is 18.2. The van der Waals surface area contributed by atoms with Crippen molar-refractivity contribution in [1.29, 1.82) is 0 Å². The average Bonchev–Trinajstić information content (AvgIpc) is 2.75. The van der Waals surface area contributed by atoms with Crippen molar-refractivity contribution >= 4 is 11.9 Å². The van der Waals surface area contributed by atoms with Gasteiger partial charge in [-0.15, -0.1) is 0 Å². The molecule has 2 aromatic rings. The number of aliphatic carboxylic acids is 1. The maximum atomic E-state index is 12.3. The summed E-state index contributed by atoms with van der Waals surface area (Å²) in [5.74, 6) is 0.0467. The van der Waals surface area contributed by atoms with Gasteiger partial charge in [0, 0.05) is 31.1 Å². The summed E-state index contributed by atoms with van der Waals surface area (Å²) in [6, 6.07) is 14.6. The minimum Gasteiger partial charge on any atom is -0.508 e. The van der Waals surface area contributed by atoms with E-state index in [0.717, 1.165) is 24.1 Å². The smallest absolute Gasteiger partial charge is 0.303 e. The summed E-state index contributed by atoms with van der Waals surface area (Å²) in [6.45, 7) is 3.96. The fraction of sp³-hybridized carbons (Fsp3) is 0.417. The number of rotatable bonds is 13. The SMILES string of the molecule is COc1ccccc1CC(=O)NCCCN(CCCC(=O)O)C(C)c1ccc(O)cc1. The van der Waals surface area contributed by atoms with Crippen molar-refractivity contribution in [2.24, 2.45) is 0 Å². The van der Waals surface area contributed by atoms with Gasteiger partial charge in [0.15, 0.2) is 0 Å². The van der Waals surface area contributed by atoms with Crippen molar-refractivity contribution in [1.82, 2.24) is 10.2 Å². The largest absolute Gasteiger partial charge is 0.508 e. The van der Waals surface area contributed by atoms with Gasteiger partial charge in [0.25, 0.3) is 0 Å². The van der Waals surface area contributed by atoms with Gasteiger partial charge in [-0.2, -0.15) is 0 Å². The molecule has 7 nitrogen and oxygen atoms in total. The van der Waals surface area contributed by atoms with Crippen LogP contribution in [0.5, 0.6) is 11.5 Å². The number of para-hydroxylation sites is 1. The number of nitrogens with zero attached hydrogens (tertiary/aromatic N) is 1. The number of ether oxygens (including phenoxy) is 1. The maximum Gasteiger partial charge on any atom is 0.303 e. The summed E-state index contributed by atoms with van der Waals surface area (Å²) in [7, 11) is 1.59. The topological polar surface area (TPSA) is 99.1 Å². The Kier molecular flexibility index (Phi) is 9.84. The lowest BCUT2D eigenvalue weighted by atomic mass is 10.1. The quantitative estimate of drug-likeness (QED) is 0.423. The van der Waals surface area contributed by atoms with E-state index in [1.54, 1.807) is 19.2 Å². The molecule has 0 saturated carbocycles. The first kappa shape index (κ1) is 24.2. The molecule has 0 bridgehead atoms. The predicted octanol–water partition coefficient (Wildman–Crippen LogP) is 3.38. The molecule has 2 aromatic carbocycles. The second kappa shape index (κ2) is 12.6. The average molecular weight is 429 g/mol. The Labute approximate surface area is 183 Å². The van der Waals surface area contributed by atoms with E-state index in [9.17, 15) is 14.7 Å². The van der Waals surface area contributed by atoms with E-state index >= 15 is 0 Å². The molecule has 0 heterocycles. The molecular weight excluding hydrogens is 396 g/mol. The van der Waals surface area contributed by atoms with Crippen LogP contribution in [0.25, 0.3) is 0 Å². The Bertz CT molecular complexity index is 838. The van der Waals surface area contributed by atoms with Crippen LogP contribution in [0.1, 0.15) is 43.4 Å². The highest BCUT2D eigenvalue weighted by Crippen LogP contribution is 2.23. The van der Waals surface area contributed by atoms with Crippen molar-refractivity contribution in [3.05, 3.63) is 59.7 Å². The molecule has 0 aliphatic heterocycles. The van der Waals surface area contributed by atoms with E-state index in [-0.39, 0.29) is 30.5 Å². The summed E-state index contributed by atoms with van der Waals surface area (Å²) in [6.07, 6.45) is 1.68. The third-order valence-electron chi connectivity index (χ3n) is 5.25. The molecule has 31 heavy (non-hydrogen) atoms. The van der Waals surface area contributed by atoms with Gasteiger partial charge >= 0.3 is 5.97 Å². The molecule has 0 spiro atoms. The lowest BCUT2D eigenvalue weighted by molar-refractivity contribution is -0.137. The number of amides is 1. The number of aromatic hydroxyl groups is 1. The lowest BCUT2D eigenvalue weighted by Crippen LogP contribution is -2.33. The Hall–Kier alpha value is -3.06. The van der Waals surface area contributed by atoms with Gasteiger partial charge in [-0.05, 0) is 50.1 Å². The highest BCUT2D eigenvalue weighted by Gasteiger charge is 2.16. The molecule has 7 heteroatoms. The van der Waals surface area contributed by atoms with Crippen LogP contribution < -0.4 is 10.1 Å². The number of hydrogen-bond acceptors (Lipinski definition) is 5. The molecule has 2 rings (SSSR count). The van der Waals surface area contributed by atoms with Crippen molar-refractivity contribution in [2.45, 2.75) is 38.6 Å². The molecule has 0 aliphatic carbocycles. The van der Waals surface area contributed by atoms with Crippen molar-refractivity contribution in [3.63, 3.8) is 0 Å². The third kappa shape index (κ3) is 8.30. The number of carboxylic acid groups (broad SMARTS) is 1. The Morgan fingerprint density at radius 1 is 1.06 bits per heavy atom. The van der Waals surface area contributed by atoms with Crippen LogP contribution in [-0.2, 0) is 16.0 Å². The minimum absolute atomic E-state index is 0.0616. The van der Waals surface area contributed by atoms with E-state index in [2.05, 4.69) is 17.1 Å². The van der Waals surface area contributed by atoms with Gasteiger partial charge in [0.05, 0.1) is 13.5 Å². The summed E-state index contributed by atoms with van der Waals surface area (Å²) in [5, 5.41) is 21.4. The van der Waals surface area contributed by atoms with Crippen LogP contribution in [0.2, 0.25) is 0 Å². The maximum absolute atomic E-state index is 12.3. The molecular formula is C24H32N2O5. The first-order chi connectivity index (χ1) is 14.9. The van der Waals surface area contributed by atoms with Gasteiger partial charge in [-0.1, -0.05) is 30.3 Å². The van der Waals surface area contributed by atoms with E-state index in [4.69, 9.17) is 9.84 Å². The lowest BCUT2D eigenvalue weighted by Gasteiger charge is -2.29. The number of nitrogens with one attached hydrogen (secondary N) is 1. The van der Waals surface area contributed by atoms with Crippen LogP contribution in [0.3, 0.4) is 0 Å². The monoisotopic (exact) mass is 428 g/mol. The van der Waals surface area contributed by atoms with E-state index in [0.29, 0.717) is 25.3 Å². The van der Waals surface area contributed by atoms with Crippen LogP contribution >= 0.6 is 0 Å². The Balaban J connectivity index is 1.86. The standard InChI is InChI=1S/C24H32N2O5/c1-18(19-10-12-21(27)13-11-19)26(15-5-9-24(29)30)16-6-14-25-23(28)17-20-7-3-4-8-22(20)31-2/h3-4,7-8,10-13,18,27H,5-6,9,14-17H2,1-2H3,(H,25,28)(H,29,30). The van der Waals surface area contributed by atoms with Gasteiger partial charge < -0.3 is 20.3 Å². The number of hydrogen-bond donors (Lipinski definition) is 3. The van der Waals surface area contributed by atoms with Crippen LogP contribution in [0, 0.1) is 0 Å². The van der Waals surface area contributed by atoms with Crippen molar-refractivity contribution < 1.29 is 24.5 Å². The highest BCUT2D eigenvalue weighted by atomic mass is 16.5. The summed E-state index contributed by atoms with van der Waals surface area (Å²) in [5.41, 5.74) is 1.90. The number of carboxylic acids is 1. The van der Waals surface area contributed by atoms with E-state index < -0.39 is 5.97 Å². The molecule has 0 radical (unpaired) electrons. The minimum atomic E-state index is -0.805. The first-order valence-electron chi connectivity index (χ1n) is 10.5. The molecule has 0 saturated heterocycles. The summed E-state index contributed by atoms with van der Waals surface area (Å²) >= 11 is 0. The Morgan fingerprint density at radius 3 is 2.42 bits per heavy atom. The number of phenols is 1. The first-order valence-corrected chi connectivity index (χ1v) is 10.5. The molecule has 1 amide bonds. The molecule has 0 fully saturated rings. The van der Waals surface area contributed by atoms with Crippen molar-refractivity contribution in [3.8, 4) is 11.5 Å². The second-order valence-corrected chi connectivity index (χ2v) is 7.49. The molecule has 1 atom stereocenters. The van der Waals surface area contributed by atoms with Crippen LogP contribution in [0.15, 0.2) is 48.5 Å². The van der Waals surface area contributed by atoms with Crippen LogP contribution in [-0.4, -0.2) is 53.7 Å². The molecule has 0 aromatic heterocycles. The van der Waals surface area contributed by atoms with Gasteiger partial charge in [0.1, 0.15) is 11.5 Å². The molecule has 3 N–H and O–H groups in total. The number of carbonyl (C=O) groups excluding carboxylic acids is 1. The molecule has 0 aliphatic rings. The fourth-order valence-electron chi connectivity index (χ4n) is 3.49. The zero-order chi connectivity index (χ0) is 22.6. The third-order valence-corrected chi connectivity index (χ3v) is 5.25. The highest BCUT2D eigenvalue weighted by molar-refractivity contribution is 5.79. The van der Waals surface area contributed by atoms with E-state index in [1.807, 2.05) is 36.4 Å². The molecule has 1 unspecified atom stereocenters. The fourth-order valence-corrected chi connectivity index (χ4v) is 3.49. The van der Waals surface area contributed by atoms with E-state index in [1.165, 1.54) is 0 Å². The van der Waals surface area contributed by atoms with Gasteiger partial charge in [-0.25, -0.2) is 0 Å². The van der Waals surface area contributed by atoms with Gasteiger partial charge in [-0.3, -0.25) is 14.5 Å². The van der Waals surface area contributed by atoms with Gasteiger partial charge in [0.2, 0.25) is 5.91 Å². The van der Waals surface area contributed by atoms with Crippen LogP contribution in [0.4, 0.5) is 0 Å². The Morgan fingerprint density at radius 2 is 1.74 bits per heavy atom. The summed E-state index contributed by atoms with van der Waals surface area (Å²) in [4.78, 5) is 25.4. The second-order valence-electron chi connectivity index (χ2n) is 7.49. The number of carbonyl (C=O) groups is 2. The molecule has 168 valence electrons. The normalized spacial score (nSPS) is 11.8.